The summed E-state index contributed by atoms with van der Waals surface area (Å²) in [6.07, 6.45) is 4.75. The van der Waals surface area contributed by atoms with Gasteiger partial charge in [0.2, 0.25) is 0 Å². The molecule has 0 radical (unpaired) electrons. The van der Waals surface area contributed by atoms with Gasteiger partial charge in [-0.1, -0.05) is 103 Å². The zero-order chi connectivity index (χ0) is 21.1. The highest BCUT2D eigenvalue weighted by atomic mass is 31.2. The number of rotatable bonds is 5. The molecule has 0 atom stereocenters. The fraction of sp³-hybridized carbons (Fsp3) is 0.0370. The van der Waals surface area contributed by atoms with Gasteiger partial charge in [0.25, 0.3) is 0 Å². The molecule has 0 aliphatic carbocycles. The second-order valence-corrected chi connectivity index (χ2v) is 10.4. The molecular formula is C27H23O2P. The molecule has 0 saturated carbocycles. The van der Waals surface area contributed by atoms with Crippen LogP contribution < -0.4 is 15.9 Å². The molecule has 0 aliphatic rings. The summed E-state index contributed by atoms with van der Waals surface area (Å²) in [4.78, 5) is 13.6. The van der Waals surface area contributed by atoms with Crippen molar-refractivity contribution in [2.75, 3.05) is 0 Å². The van der Waals surface area contributed by atoms with Crippen LogP contribution in [0.3, 0.4) is 0 Å². The number of carbonyl (C=O) groups excluding carboxylic acids is 1. The number of benzene rings is 4. The first-order valence-electron chi connectivity index (χ1n) is 9.81. The molecule has 0 heterocycles. The Morgan fingerprint density at radius 3 is 1.80 bits per heavy atom. The largest absolute Gasteiger partial charge is 0.507 e. The van der Waals surface area contributed by atoms with E-state index in [4.69, 9.17) is 6.30 Å². The monoisotopic (exact) mass is 410 g/mol. The average molecular weight is 410 g/mol. The molecular weight excluding hydrogens is 387 g/mol. The van der Waals surface area contributed by atoms with Crippen LogP contribution in [0.5, 0.6) is 5.75 Å². The van der Waals surface area contributed by atoms with E-state index in [0.717, 1.165) is 15.9 Å². The number of hydrogen-bond donors (Lipinski definition) is 1. The SMILES string of the molecule is C=P(c1ccccc1)(c1ccccc1)c1ccccc1C(=O)c1cccc(C)c1O. The highest BCUT2D eigenvalue weighted by Gasteiger charge is 2.28. The maximum absolute atomic E-state index is 13.6. The predicted octanol–water partition coefficient (Wildman–Crippen LogP) is 4.66. The number of phenols is 1. The van der Waals surface area contributed by atoms with Crippen LogP contribution in [0.25, 0.3) is 0 Å². The molecule has 0 spiro atoms. The molecule has 0 unspecified atom stereocenters. The number of hydrogen-bond acceptors (Lipinski definition) is 2. The van der Waals surface area contributed by atoms with E-state index in [0.29, 0.717) is 16.7 Å². The maximum atomic E-state index is 13.6. The summed E-state index contributed by atoms with van der Waals surface area (Å²) in [5.41, 5.74) is 1.57. The van der Waals surface area contributed by atoms with E-state index in [9.17, 15) is 9.90 Å². The Balaban J connectivity index is 1.98. The van der Waals surface area contributed by atoms with E-state index < -0.39 is 6.89 Å². The summed E-state index contributed by atoms with van der Waals surface area (Å²) in [5, 5.41) is 13.6. The van der Waals surface area contributed by atoms with Gasteiger partial charge < -0.3 is 5.11 Å². The normalized spacial score (nSPS) is 11.2. The van der Waals surface area contributed by atoms with Crippen LogP contribution >= 0.6 is 6.89 Å². The lowest BCUT2D eigenvalue weighted by molar-refractivity contribution is 0.103. The van der Waals surface area contributed by atoms with Crippen LogP contribution in [0, 0.1) is 6.92 Å². The van der Waals surface area contributed by atoms with Crippen molar-refractivity contribution < 1.29 is 9.90 Å². The molecule has 4 rings (SSSR count). The topological polar surface area (TPSA) is 37.3 Å². The Kier molecular flexibility index (Phi) is 5.44. The molecule has 1 N–H and O–H groups in total. The Morgan fingerprint density at radius 2 is 1.20 bits per heavy atom. The minimum Gasteiger partial charge on any atom is -0.507 e. The van der Waals surface area contributed by atoms with Gasteiger partial charge >= 0.3 is 0 Å². The van der Waals surface area contributed by atoms with Crippen molar-refractivity contribution in [2.45, 2.75) is 6.92 Å². The van der Waals surface area contributed by atoms with Gasteiger partial charge in [0.1, 0.15) is 5.75 Å². The van der Waals surface area contributed by atoms with Crippen LogP contribution in [0.4, 0.5) is 0 Å². The van der Waals surface area contributed by atoms with Crippen molar-refractivity contribution in [3.63, 3.8) is 0 Å². The fourth-order valence-electron chi connectivity index (χ4n) is 3.78. The third-order valence-corrected chi connectivity index (χ3v) is 9.01. The first kappa shape index (κ1) is 19.9. The Morgan fingerprint density at radius 1 is 0.700 bits per heavy atom. The lowest BCUT2D eigenvalue weighted by Gasteiger charge is -2.28. The van der Waals surface area contributed by atoms with Crippen LogP contribution in [0.2, 0.25) is 0 Å². The molecule has 0 bridgehead atoms. The van der Waals surface area contributed by atoms with Crippen molar-refractivity contribution in [1.29, 1.82) is 0 Å². The van der Waals surface area contributed by atoms with Crippen molar-refractivity contribution in [2.24, 2.45) is 0 Å². The number of aromatic hydroxyl groups is 1. The van der Waals surface area contributed by atoms with Crippen LogP contribution in [0.1, 0.15) is 21.5 Å². The summed E-state index contributed by atoms with van der Waals surface area (Å²) in [5.74, 6) is -0.156. The van der Waals surface area contributed by atoms with E-state index >= 15 is 0 Å². The first-order valence-corrected chi connectivity index (χ1v) is 11.8. The summed E-state index contributed by atoms with van der Waals surface area (Å²) >= 11 is 0. The molecule has 4 aromatic rings. The smallest absolute Gasteiger partial charge is 0.197 e. The van der Waals surface area contributed by atoms with Crippen LogP contribution in [-0.2, 0) is 0 Å². The van der Waals surface area contributed by atoms with Crippen molar-refractivity contribution in [1.82, 2.24) is 0 Å². The molecule has 0 amide bonds. The summed E-state index contributed by atoms with van der Waals surface area (Å²) < 4.78 is 0. The second kappa shape index (κ2) is 8.18. The van der Waals surface area contributed by atoms with Gasteiger partial charge in [-0.05, 0) is 41.4 Å². The molecule has 30 heavy (non-hydrogen) atoms. The summed E-state index contributed by atoms with van der Waals surface area (Å²) in [6.45, 7) is -0.522. The highest BCUT2D eigenvalue weighted by Crippen LogP contribution is 2.43. The number of phenolic OH excluding ortho intramolecular Hbond substituents is 1. The molecule has 2 nitrogen and oxygen atoms in total. The van der Waals surface area contributed by atoms with E-state index in [2.05, 4.69) is 24.3 Å². The number of carbonyl (C=O) groups is 1. The Labute approximate surface area is 177 Å². The molecule has 0 fully saturated rings. The number of aryl methyl sites for hydroxylation is 1. The molecule has 3 heteroatoms. The minimum atomic E-state index is -2.32. The number of ketones is 1. The number of para-hydroxylation sites is 1. The lowest BCUT2D eigenvalue weighted by Crippen LogP contribution is -2.29. The highest BCUT2D eigenvalue weighted by molar-refractivity contribution is 7.93. The van der Waals surface area contributed by atoms with E-state index in [-0.39, 0.29) is 11.5 Å². The molecule has 0 aromatic heterocycles. The molecule has 148 valence electrons. The van der Waals surface area contributed by atoms with Crippen LogP contribution in [-0.4, -0.2) is 17.2 Å². The second-order valence-electron chi connectivity index (χ2n) is 7.30. The van der Waals surface area contributed by atoms with Gasteiger partial charge in [-0.2, -0.15) is 0 Å². The maximum Gasteiger partial charge on any atom is 0.197 e. The zero-order valence-electron chi connectivity index (χ0n) is 16.8. The predicted molar refractivity (Wildman–Crippen MR) is 129 cm³/mol. The van der Waals surface area contributed by atoms with Gasteiger partial charge in [-0.3, -0.25) is 4.79 Å². The fourth-order valence-corrected chi connectivity index (χ4v) is 6.92. The van der Waals surface area contributed by atoms with E-state index in [1.54, 1.807) is 25.1 Å². The quantitative estimate of drug-likeness (QED) is 0.384. The first-order chi connectivity index (χ1) is 14.5. The van der Waals surface area contributed by atoms with Crippen molar-refractivity contribution >= 4 is 34.9 Å². The summed E-state index contributed by atoms with van der Waals surface area (Å²) in [7, 11) is 0. The molecule has 0 saturated heterocycles. The Bertz CT molecular complexity index is 1200. The van der Waals surface area contributed by atoms with Crippen molar-refractivity contribution in [3.8, 4) is 5.75 Å². The third kappa shape index (κ3) is 3.40. The van der Waals surface area contributed by atoms with Gasteiger partial charge in [0.05, 0.1) is 5.56 Å². The van der Waals surface area contributed by atoms with Crippen LogP contribution in [0.15, 0.2) is 103 Å². The molecule has 4 aromatic carbocycles. The van der Waals surface area contributed by atoms with Gasteiger partial charge in [-0.15, -0.1) is 0 Å². The van der Waals surface area contributed by atoms with E-state index in [1.165, 1.54) is 0 Å². The lowest BCUT2D eigenvalue weighted by atomic mass is 10.0. The Hall–Kier alpha value is -3.35. The molecule has 0 aliphatic heterocycles. The van der Waals surface area contributed by atoms with Gasteiger partial charge in [0.15, 0.2) is 5.78 Å². The minimum absolute atomic E-state index is 0.0321. The third-order valence-electron chi connectivity index (χ3n) is 5.44. The zero-order valence-corrected chi connectivity index (χ0v) is 17.7. The van der Waals surface area contributed by atoms with Crippen molar-refractivity contribution in [3.05, 3.63) is 120 Å². The standard InChI is InChI=1S/C27H23O2P/c1-20-12-11-18-24(26(20)28)27(29)23-17-9-10-19-25(23)30(2,21-13-5-3-6-14-21)22-15-7-4-8-16-22/h3-19,28H,2H2,1H3. The van der Waals surface area contributed by atoms with Gasteiger partial charge in [0, 0.05) is 5.56 Å². The van der Waals surface area contributed by atoms with E-state index in [1.807, 2.05) is 60.7 Å². The average Bonchev–Trinajstić information content (AvgIpc) is 2.81. The van der Waals surface area contributed by atoms with Gasteiger partial charge in [-0.25, -0.2) is 0 Å². The summed E-state index contributed by atoms with van der Waals surface area (Å²) in [6, 6.07) is 33.3.